The van der Waals surface area contributed by atoms with Gasteiger partial charge in [-0.15, -0.1) is 0 Å². The number of piperidine rings is 1. The predicted octanol–water partition coefficient (Wildman–Crippen LogP) is 6.03. The molecule has 2 fully saturated rings. The molecule has 32 heavy (non-hydrogen) atoms. The van der Waals surface area contributed by atoms with Crippen LogP contribution in [0.25, 0.3) is 0 Å². The minimum Gasteiger partial charge on any atom is -0.444 e. The Balaban J connectivity index is 1.37. The van der Waals surface area contributed by atoms with E-state index in [0.29, 0.717) is 23.6 Å². The van der Waals surface area contributed by atoms with Crippen LogP contribution < -0.4 is 10.2 Å². The summed E-state index contributed by atoms with van der Waals surface area (Å²) in [4.78, 5) is 14.6. The summed E-state index contributed by atoms with van der Waals surface area (Å²) < 4.78 is 25.9. The normalized spacial score (nSPS) is 22.4. The highest BCUT2D eigenvalue weighted by atomic mass is 28.4. The number of fused-ring (bicyclic) bond motifs is 1. The molecule has 3 atom stereocenters. The Bertz CT molecular complexity index is 965. The highest BCUT2D eigenvalue weighted by molar-refractivity contribution is 6.74. The van der Waals surface area contributed by atoms with E-state index in [2.05, 4.69) is 44.1 Å². The monoisotopic (exact) mass is 456 g/mol. The summed E-state index contributed by atoms with van der Waals surface area (Å²) in [5.41, 5.74) is 2.15. The van der Waals surface area contributed by atoms with Gasteiger partial charge in [-0.05, 0) is 41.9 Å². The van der Waals surface area contributed by atoms with Gasteiger partial charge in [0.05, 0.1) is 17.5 Å². The molecule has 0 bridgehead atoms. The fraction of sp³-hybridized carbons (Fsp3) is 0.480. The quantitative estimate of drug-likeness (QED) is 0.539. The number of nitrogens with one attached hydrogen (secondary N) is 1. The Morgan fingerprint density at radius 3 is 2.41 bits per heavy atom. The first kappa shape index (κ1) is 22.8. The average molecular weight is 457 g/mol. The van der Waals surface area contributed by atoms with Gasteiger partial charge in [0, 0.05) is 24.9 Å². The summed E-state index contributed by atoms with van der Waals surface area (Å²) in [6.45, 7) is 13.2. The van der Waals surface area contributed by atoms with Crippen LogP contribution >= 0.6 is 0 Å². The second kappa shape index (κ2) is 8.52. The summed E-state index contributed by atoms with van der Waals surface area (Å²) in [5, 5.41) is 2.92. The molecule has 1 heterocycles. The number of rotatable bonds is 6. The summed E-state index contributed by atoms with van der Waals surface area (Å²) in [6, 6.07) is 14.0. The van der Waals surface area contributed by atoms with Gasteiger partial charge in [0.1, 0.15) is 12.4 Å². The van der Waals surface area contributed by atoms with Gasteiger partial charge in [0.15, 0.2) is 8.32 Å². The van der Waals surface area contributed by atoms with Crippen molar-refractivity contribution < 1.29 is 18.3 Å². The molecular weight excluding hydrogens is 423 g/mol. The summed E-state index contributed by atoms with van der Waals surface area (Å²) in [7, 11) is -1.79. The Labute approximate surface area is 191 Å². The van der Waals surface area contributed by atoms with Crippen molar-refractivity contribution in [1.29, 1.82) is 0 Å². The van der Waals surface area contributed by atoms with Gasteiger partial charge < -0.3 is 14.1 Å². The van der Waals surface area contributed by atoms with Gasteiger partial charge >= 0.3 is 6.09 Å². The molecule has 0 radical (unpaired) electrons. The van der Waals surface area contributed by atoms with E-state index in [0.717, 1.165) is 24.3 Å². The van der Waals surface area contributed by atoms with E-state index >= 15 is 0 Å². The highest BCUT2D eigenvalue weighted by Crippen LogP contribution is 2.53. The fourth-order valence-electron chi connectivity index (χ4n) is 4.11. The van der Waals surface area contributed by atoms with Crippen LogP contribution in [-0.2, 0) is 15.8 Å². The van der Waals surface area contributed by atoms with Crippen LogP contribution in [0.2, 0.25) is 18.1 Å². The molecule has 0 spiro atoms. The number of ether oxygens (including phenoxy) is 1. The van der Waals surface area contributed by atoms with Crippen molar-refractivity contribution in [3.05, 3.63) is 59.9 Å². The van der Waals surface area contributed by atoms with Crippen molar-refractivity contribution in [3.63, 3.8) is 0 Å². The predicted molar refractivity (Wildman–Crippen MR) is 128 cm³/mol. The van der Waals surface area contributed by atoms with E-state index in [-0.39, 0.29) is 11.6 Å². The Kier molecular flexibility index (Phi) is 6.07. The van der Waals surface area contributed by atoms with Gasteiger partial charge in [0.2, 0.25) is 0 Å². The minimum atomic E-state index is -1.79. The zero-order valence-electron chi connectivity index (χ0n) is 19.5. The smallest absolute Gasteiger partial charge is 0.412 e. The molecule has 2 aliphatic rings. The molecule has 1 aliphatic carbocycles. The third-order valence-corrected chi connectivity index (χ3v) is 11.6. The van der Waals surface area contributed by atoms with E-state index in [1.165, 1.54) is 12.1 Å². The number of hydrogen-bond donors (Lipinski definition) is 1. The molecule has 4 rings (SSSR count). The molecule has 1 saturated carbocycles. The molecule has 2 aromatic rings. The number of halogens is 1. The molecule has 5 nitrogen and oxygen atoms in total. The SMILES string of the molecule is CC(C)(C)[Si](C)(C)OC1C2CN(c3ccc(F)cc3NC(=O)OCc3ccccc3)C[C@@H]21. The number of hydrogen-bond acceptors (Lipinski definition) is 4. The van der Waals surface area contributed by atoms with E-state index in [1.54, 1.807) is 6.07 Å². The van der Waals surface area contributed by atoms with Gasteiger partial charge in [0.25, 0.3) is 0 Å². The van der Waals surface area contributed by atoms with Crippen LogP contribution in [0.1, 0.15) is 26.3 Å². The largest absolute Gasteiger partial charge is 0.444 e. The maximum atomic E-state index is 14.0. The standard InChI is InChI=1S/C25H33FN2O3Si/c1-25(2,3)32(4,5)31-23-19-14-28(15-20(19)23)22-12-11-18(26)13-21(22)27-24(29)30-16-17-9-7-6-8-10-17/h6-13,19-20,23H,14-16H2,1-5H3,(H,27,29)/t19-,20?,23?/m0/s1. The summed E-state index contributed by atoms with van der Waals surface area (Å²) >= 11 is 0. The molecule has 172 valence electrons. The number of carbonyl (C=O) groups excluding carboxylic acids is 1. The fourth-order valence-corrected chi connectivity index (χ4v) is 5.50. The van der Waals surface area contributed by atoms with E-state index in [9.17, 15) is 9.18 Å². The molecule has 7 heteroatoms. The van der Waals surface area contributed by atoms with Crippen LogP contribution in [-0.4, -0.2) is 33.6 Å². The van der Waals surface area contributed by atoms with E-state index in [4.69, 9.17) is 9.16 Å². The molecule has 1 aliphatic heterocycles. The lowest BCUT2D eigenvalue weighted by atomic mass is 10.2. The number of anilines is 2. The van der Waals surface area contributed by atoms with Crippen molar-refractivity contribution >= 4 is 25.8 Å². The third-order valence-electron chi connectivity index (χ3n) is 7.10. The maximum Gasteiger partial charge on any atom is 0.412 e. The first-order valence-electron chi connectivity index (χ1n) is 11.3. The lowest BCUT2D eigenvalue weighted by Gasteiger charge is -2.37. The van der Waals surface area contributed by atoms with Crippen molar-refractivity contribution in [2.75, 3.05) is 23.3 Å². The van der Waals surface area contributed by atoms with Crippen molar-refractivity contribution in [3.8, 4) is 0 Å². The zero-order chi connectivity index (χ0) is 23.1. The average Bonchev–Trinajstić information content (AvgIpc) is 3.14. The number of nitrogens with zero attached hydrogens (tertiary/aromatic N) is 1. The van der Waals surface area contributed by atoms with Gasteiger partial charge in [-0.1, -0.05) is 51.1 Å². The maximum absolute atomic E-state index is 14.0. The van der Waals surface area contributed by atoms with Crippen LogP contribution in [0.5, 0.6) is 0 Å². The Morgan fingerprint density at radius 1 is 1.12 bits per heavy atom. The first-order chi connectivity index (χ1) is 15.0. The second-order valence-electron chi connectivity index (χ2n) is 10.4. The summed E-state index contributed by atoms with van der Waals surface area (Å²) in [6.07, 6.45) is -0.274. The number of carbonyl (C=O) groups is 1. The lowest BCUT2D eigenvalue weighted by molar-refractivity contribution is 0.155. The molecule has 2 unspecified atom stereocenters. The van der Waals surface area contributed by atoms with Gasteiger partial charge in [-0.3, -0.25) is 5.32 Å². The Morgan fingerprint density at radius 2 is 1.78 bits per heavy atom. The van der Waals surface area contributed by atoms with Gasteiger partial charge in [-0.25, -0.2) is 9.18 Å². The molecular formula is C25H33FN2O3Si. The van der Waals surface area contributed by atoms with Crippen LogP contribution in [0.4, 0.5) is 20.6 Å². The first-order valence-corrected chi connectivity index (χ1v) is 14.2. The molecule has 1 saturated heterocycles. The molecule has 1 N–H and O–H groups in total. The van der Waals surface area contributed by atoms with Gasteiger partial charge in [-0.2, -0.15) is 0 Å². The van der Waals surface area contributed by atoms with Crippen LogP contribution in [0, 0.1) is 17.7 Å². The second-order valence-corrected chi connectivity index (χ2v) is 15.2. The van der Waals surface area contributed by atoms with Crippen LogP contribution in [0.15, 0.2) is 48.5 Å². The van der Waals surface area contributed by atoms with E-state index < -0.39 is 20.2 Å². The van der Waals surface area contributed by atoms with E-state index in [1.807, 2.05) is 30.3 Å². The Hall–Kier alpha value is -2.38. The van der Waals surface area contributed by atoms with Crippen molar-refractivity contribution in [1.82, 2.24) is 0 Å². The molecule has 0 aromatic heterocycles. The number of amides is 1. The molecule has 1 amide bonds. The van der Waals surface area contributed by atoms with Crippen LogP contribution in [0.3, 0.4) is 0 Å². The third kappa shape index (κ3) is 4.83. The lowest BCUT2D eigenvalue weighted by Crippen LogP contribution is -2.43. The molecule has 2 aromatic carbocycles. The highest BCUT2D eigenvalue weighted by Gasteiger charge is 2.59. The minimum absolute atomic E-state index is 0.164. The topological polar surface area (TPSA) is 50.8 Å². The zero-order valence-corrected chi connectivity index (χ0v) is 20.5. The van der Waals surface area contributed by atoms with Crippen molar-refractivity contribution in [2.45, 2.75) is 51.6 Å². The number of benzene rings is 2. The van der Waals surface area contributed by atoms with Crippen molar-refractivity contribution in [2.24, 2.45) is 11.8 Å². The summed E-state index contributed by atoms with van der Waals surface area (Å²) in [5.74, 6) is 0.592.